The number of pyridine rings is 1. The van der Waals surface area contributed by atoms with Gasteiger partial charge in [0.25, 0.3) is 0 Å². The minimum Gasteiger partial charge on any atom is -0.394 e. The van der Waals surface area contributed by atoms with Crippen molar-refractivity contribution in [1.82, 2.24) is 10.3 Å². The van der Waals surface area contributed by atoms with Gasteiger partial charge in [-0.1, -0.05) is 6.07 Å². The van der Waals surface area contributed by atoms with E-state index in [0.717, 1.165) is 4.90 Å². The second-order valence-corrected chi connectivity index (χ2v) is 11.0. The van der Waals surface area contributed by atoms with Crippen LogP contribution < -0.4 is 10.2 Å². The number of aliphatic hydroxyl groups is 1. The lowest BCUT2D eigenvalue weighted by molar-refractivity contribution is -0.143. The van der Waals surface area contributed by atoms with Gasteiger partial charge >= 0.3 is 12.4 Å². The molecule has 1 saturated heterocycles. The Morgan fingerprint density at radius 2 is 1.56 bits per heavy atom. The summed E-state index contributed by atoms with van der Waals surface area (Å²) in [7, 11) is 1.30. The molecule has 1 aliphatic heterocycles. The molecule has 2 aromatic carbocycles. The molecule has 0 unspecified atom stereocenters. The van der Waals surface area contributed by atoms with Crippen molar-refractivity contribution in [1.29, 1.82) is 0 Å². The summed E-state index contributed by atoms with van der Waals surface area (Å²) < 4.78 is 95.3. The number of rotatable bonds is 6. The van der Waals surface area contributed by atoms with Gasteiger partial charge in [-0.3, -0.25) is 14.6 Å². The number of nitrogens with zero attached hydrogens (tertiary/aromatic N) is 2. The Labute approximate surface area is 242 Å². The van der Waals surface area contributed by atoms with E-state index in [0.29, 0.717) is 34.5 Å². The zero-order valence-corrected chi connectivity index (χ0v) is 23.5. The number of hydrogen-bond donors (Lipinski definition) is 2. The van der Waals surface area contributed by atoms with Crippen molar-refractivity contribution < 1.29 is 45.4 Å². The number of amides is 2. The van der Waals surface area contributed by atoms with Crippen LogP contribution in [0.15, 0.2) is 48.7 Å². The fourth-order valence-corrected chi connectivity index (χ4v) is 5.24. The third-order valence-corrected chi connectivity index (χ3v) is 7.71. The molecule has 2 heterocycles. The smallest absolute Gasteiger partial charge is 0.394 e. The predicted octanol–water partition coefficient (Wildman–Crippen LogP) is 6.14. The number of aryl methyl sites for hydroxylation is 1. The van der Waals surface area contributed by atoms with Crippen molar-refractivity contribution in [2.75, 3.05) is 18.6 Å². The molecule has 4 rings (SSSR count). The van der Waals surface area contributed by atoms with Crippen LogP contribution in [0.2, 0.25) is 0 Å². The lowest BCUT2D eigenvalue weighted by atomic mass is 9.81. The number of nitrogens with one attached hydrogen (secondary N) is 1. The number of hydrogen-bond acceptors (Lipinski definition) is 4. The average Bonchev–Trinajstić information content (AvgIpc) is 3.31. The third-order valence-electron chi connectivity index (χ3n) is 7.71. The molecule has 3 aromatic rings. The summed E-state index contributed by atoms with van der Waals surface area (Å²) >= 11 is 0. The van der Waals surface area contributed by atoms with Crippen molar-refractivity contribution in [3.8, 4) is 11.1 Å². The molecule has 0 bridgehead atoms. The fourth-order valence-electron chi connectivity index (χ4n) is 5.24. The van der Waals surface area contributed by atoms with Crippen LogP contribution in [0.25, 0.3) is 11.1 Å². The highest BCUT2D eigenvalue weighted by Crippen LogP contribution is 2.41. The number of benzene rings is 2. The molecule has 13 heteroatoms. The molecule has 0 spiro atoms. The van der Waals surface area contributed by atoms with Crippen LogP contribution in [0.1, 0.15) is 54.1 Å². The van der Waals surface area contributed by atoms with Gasteiger partial charge in [0.05, 0.1) is 41.1 Å². The highest BCUT2D eigenvalue weighted by atomic mass is 19.4. The fraction of sp³-hybridized carbons (Fsp3) is 0.367. The van der Waals surface area contributed by atoms with Crippen LogP contribution in [-0.2, 0) is 27.4 Å². The largest absolute Gasteiger partial charge is 0.416 e. The van der Waals surface area contributed by atoms with E-state index < -0.39 is 58.1 Å². The molecular formula is C30H28F7N3O3. The maximum absolute atomic E-state index is 14.0. The zero-order chi connectivity index (χ0) is 32.1. The number of alkyl halides is 6. The van der Waals surface area contributed by atoms with E-state index in [-0.39, 0.29) is 30.7 Å². The summed E-state index contributed by atoms with van der Waals surface area (Å²) in [5.74, 6) is -2.21. The number of carbonyl (C=O) groups excluding carboxylic acids is 2. The topological polar surface area (TPSA) is 82.5 Å². The van der Waals surface area contributed by atoms with Gasteiger partial charge in [-0.05, 0) is 73.9 Å². The Bertz CT molecular complexity index is 1540. The molecule has 1 aromatic heterocycles. The summed E-state index contributed by atoms with van der Waals surface area (Å²) in [5, 5.41) is 12.4. The van der Waals surface area contributed by atoms with Crippen LogP contribution >= 0.6 is 0 Å². The molecule has 1 aliphatic rings. The normalized spacial score (nSPS) is 17.6. The Kier molecular flexibility index (Phi) is 8.35. The molecule has 2 N–H and O–H groups in total. The van der Waals surface area contributed by atoms with Gasteiger partial charge < -0.3 is 15.3 Å². The minimum absolute atomic E-state index is 0.00585. The summed E-state index contributed by atoms with van der Waals surface area (Å²) in [6.07, 6.45) is -8.88. The molecular weight excluding hydrogens is 583 g/mol. The SMILES string of the molecule is Cc1cc(F)ccc1-c1cc([C@H]2CC(=O)N[C@@H]2CO)ncc1N(C)C(=O)C(C)(C)c1cc(C(F)(F)F)cc(C(F)(F)F)c1. The van der Waals surface area contributed by atoms with Gasteiger partial charge in [-0.25, -0.2) is 4.39 Å². The summed E-state index contributed by atoms with van der Waals surface area (Å²) in [6, 6.07) is 5.88. The first kappa shape index (κ1) is 31.9. The van der Waals surface area contributed by atoms with Crippen LogP contribution in [-0.4, -0.2) is 41.6 Å². The van der Waals surface area contributed by atoms with Gasteiger partial charge in [-0.15, -0.1) is 0 Å². The summed E-state index contributed by atoms with van der Waals surface area (Å²) in [4.78, 5) is 31.4. The van der Waals surface area contributed by atoms with Gasteiger partial charge in [-0.2, -0.15) is 26.3 Å². The van der Waals surface area contributed by atoms with Crippen molar-refractivity contribution in [3.05, 3.63) is 82.4 Å². The Hall–Kier alpha value is -4.00. The first-order valence-electron chi connectivity index (χ1n) is 13.1. The first-order chi connectivity index (χ1) is 19.8. The molecule has 43 heavy (non-hydrogen) atoms. The number of anilines is 1. The Balaban J connectivity index is 1.84. The highest BCUT2D eigenvalue weighted by molar-refractivity contribution is 6.03. The second-order valence-electron chi connectivity index (χ2n) is 11.0. The van der Waals surface area contributed by atoms with Gasteiger partial charge in [0.1, 0.15) is 5.82 Å². The minimum atomic E-state index is -5.10. The van der Waals surface area contributed by atoms with E-state index in [1.54, 1.807) is 13.0 Å². The monoisotopic (exact) mass is 611 g/mol. The maximum Gasteiger partial charge on any atom is 0.416 e. The zero-order valence-electron chi connectivity index (χ0n) is 23.5. The average molecular weight is 612 g/mol. The molecule has 2 atom stereocenters. The van der Waals surface area contributed by atoms with Gasteiger partial charge in [0, 0.05) is 30.6 Å². The van der Waals surface area contributed by atoms with Crippen molar-refractivity contribution in [2.45, 2.75) is 56.9 Å². The lowest BCUT2D eigenvalue weighted by Crippen LogP contribution is -2.42. The Morgan fingerprint density at radius 1 is 0.977 bits per heavy atom. The quantitative estimate of drug-likeness (QED) is 0.329. The second kappa shape index (κ2) is 11.3. The van der Waals surface area contributed by atoms with E-state index in [2.05, 4.69) is 10.3 Å². The van der Waals surface area contributed by atoms with Crippen molar-refractivity contribution in [2.24, 2.45) is 0 Å². The molecule has 2 amide bonds. The van der Waals surface area contributed by atoms with Crippen molar-refractivity contribution >= 4 is 17.5 Å². The van der Waals surface area contributed by atoms with Gasteiger partial charge in [0.15, 0.2) is 0 Å². The standard InChI is InChI=1S/C30H28F7N3O3/c1-15-7-19(31)5-6-20(15)21-11-23(22-12-26(42)39-24(22)14-41)38-13-25(21)40(4)27(43)28(2,3)16-8-17(29(32,33)34)10-18(9-16)30(35,36)37/h5-11,13,22,24,41H,12,14H2,1-4H3,(H,39,42)/t22-,24-/m1/s1. The van der Waals surface area contributed by atoms with E-state index in [9.17, 15) is 45.4 Å². The van der Waals surface area contributed by atoms with Crippen LogP contribution in [0.3, 0.4) is 0 Å². The number of aliphatic hydroxyl groups excluding tert-OH is 1. The predicted molar refractivity (Wildman–Crippen MR) is 144 cm³/mol. The molecule has 0 aliphatic carbocycles. The van der Waals surface area contributed by atoms with Crippen molar-refractivity contribution in [3.63, 3.8) is 0 Å². The molecule has 0 saturated carbocycles. The van der Waals surface area contributed by atoms with Gasteiger partial charge in [0.2, 0.25) is 11.8 Å². The van der Waals surface area contributed by atoms with Crippen LogP contribution in [0.4, 0.5) is 36.4 Å². The first-order valence-corrected chi connectivity index (χ1v) is 13.1. The molecule has 6 nitrogen and oxygen atoms in total. The molecule has 0 radical (unpaired) electrons. The number of aromatic nitrogens is 1. The molecule has 1 fully saturated rings. The summed E-state index contributed by atoms with van der Waals surface area (Å²) in [6.45, 7) is 3.68. The number of carbonyl (C=O) groups is 2. The van der Waals surface area contributed by atoms with E-state index in [1.807, 2.05) is 0 Å². The Morgan fingerprint density at radius 3 is 2.09 bits per heavy atom. The summed E-state index contributed by atoms with van der Waals surface area (Å²) in [5.41, 5.74) is -3.68. The van der Waals surface area contributed by atoms with E-state index >= 15 is 0 Å². The van der Waals surface area contributed by atoms with Crippen LogP contribution in [0, 0.1) is 12.7 Å². The highest BCUT2D eigenvalue weighted by Gasteiger charge is 2.42. The van der Waals surface area contributed by atoms with Crippen LogP contribution in [0.5, 0.6) is 0 Å². The van der Waals surface area contributed by atoms with E-state index in [4.69, 9.17) is 0 Å². The maximum atomic E-state index is 14.0. The lowest BCUT2D eigenvalue weighted by Gasteiger charge is -2.32. The van der Waals surface area contributed by atoms with E-state index in [1.165, 1.54) is 45.3 Å². The molecule has 230 valence electrons. The number of halogens is 7. The number of likely N-dealkylation sites (N-methyl/N-ethyl adjacent to an activating group) is 1. The third kappa shape index (κ3) is 6.36.